The van der Waals surface area contributed by atoms with Crippen LogP contribution in [0, 0.1) is 20.8 Å². The van der Waals surface area contributed by atoms with E-state index in [0.29, 0.717) is 42.2 Å². The van der Waals surface area contributed by atoms with E-state index in [1.807, 2.05) is 86.3 Å². The van der Waals surface area contributed by atoms with Crippen LogP contribution in [0.1, 0.15) is 48.1 Å². The number of carbonyl (C=O) groups is 1. The maximum atomic E-state index is 12.6. The number of nitrogens with zero attached hydrogens (tertiary/aromatic N) is 1. The van der Waals surface area contributed by atoms with E-state index in [1.54, 1.807) is 18.4 Å². The number of benzene rings is 2. The molecule has 0 aliphatic rings. The van der Waals surface area contributed by atoms with E-state index in [9.17, 15) is 14.7 Å². The average Bonchev–Trinajstić information content (AvgIpc) is 3.53. The van der Waals surface area contributed by atoms with Crippen LogP contribution in [-0.2, 0) is 17.9 Å². The molecule has 0 saturated carbocycles. The topological polar surface area (TPSA) is 106 Å². The molecule has 5 aromatic rings. The smallest absolute Gasteiger partial charge is 0.336 e. The lowest BCUT2D eigenvalue weighted by atomic mass is 9.93. The Hall–Kier alpha value is -5.47. The lowest BCUT2D eigenvalue weighted by Crippen LogP contribution is -2.33. The number of carbonyl (C=O) groups excluding carboxylic acids is 1. The highest BCUT2D eigenvalue weighted by molar-refractivity contribution is 6.00. The van der Waals surface area contributed by atoms with Gasteiger partial charge in [0.05, 0.1) is 25.2 Å². The first-order valence-electron chi connectivity index (χ1n) is 15.9. The van der Waals surface area contributed by atoms with Gasteiger partial charge in [0.15, 0.2) is 30.1 Å². The van der Waals surface area contributed by atoms with Gasteiger partial charge in [0.2, 0.25) is 11.7 Å². The average molecular weight is 646 g/mol. The van der Waals surface area contributed by atoms with Crippen molar-refractivity contribution in [2.45, 2.75) is 54.2 Å². The number of aromatic nitrogens is 1. The summed E-state index contributed by atoms with van der Waals surface area (Å²) in [5.41, 5.74) is 8.63. The number of ether oxygens (including phenoxy) is 1. The molecule has 5 rings (SSSR count). The fourth-order valence-corrected chi connectivity index (χ4v) is 5.51. The normalized spacial score (nSPS) is 12.5. The summed E-state index contributed by atoms with van der Waals surface area (Å²) in [5.74, 6) is 0.221. The van der Waals surface area contributed by atoms with E-state index in [-0.39, 0.29) is 12.5 Å². The Morgan fingerprint density at radius 3 is 2.50 bits per heavy atom. The van der Waals surface area contributed by atoms with Crippen LogP contribution in [0.4, 0.5) is 5.69 Å². The van der Waals surface area contributed by atoms with Gasteiger partial charge in [-0.1, -0.05) is 42.0 Å². The zero-order valence-electron chi connectivity index (χ0n) is 28.0. The highest BCUT2D eigenvalue weighted by Crippen LogP contribution is 2.35. The molecule has 0 unspecified atom stereocenters. The molecule has 3 aromatic heterocycles. The van der Waals surface area contributed by atoms with Crippen LogP contribution < -0.4 is 20.2 Å². The van der Waals surface area contributed by atoms with Crippen LogP contribution in [0.5, 0.6) is 5.75 Å². The van der Waals surface area contributed by atoms with Crippen LogP contribution in [0.15, 0.2) is 116 Å². The number of amides is 1. The van der Waals surface area contributed by atoms with Crippen molar-refractivity contribution in [1.29, 1.82) is 0 Å². The van der Waals surface area contributed by atoms with Crippen LogP contribution in [0.3, 0.4) is 0 Å². The molecule has 8 heteroatoms. The number of fused-ring (bicyclic) bond motifs is 2. The molecule has 0 saturated heterocycles. The van der Waals surface area contributed by atoms with Crippen LogP contribution in [-0.4, -0.2) is 17.6 Å². The fraction of sp³-hybridized carbons (Fsp3) is 0.225. The van der Waals surface area contributed by atoms with Crippen molar-refractivity contribution in [3.63, 3.8) is 0 Å². The number of aliphatic hydroxyl groups excluding tert-OH is 1. The Morgan fingerprint density at radius 2 is 1.73 bits per heavy atom. The second-order valence-corrected chi connectivity index (χ2v) is 11.9. The molecule has 0 aliphatic carbocycles. The summed E-state index contributed by atoms with van der Waals surface area (Å²) in [7, 11) is 0. The second-order valence-electron chi connectivity index (χ2n) is 11.9. The Balaban J connectivity index is 1.10. The first kappa shape index (κ1) is 33.9. The van der Waals surface area contributed by atoms with E-state index in [2.05, 4.69) is 31.3 Å². The number of nitrogens with one attached hydrogen (secondary N) is 1. The van der Waals surface area contributed by atoms with Gasteiger partial charge in [-0.3, -0.25) is 4.79 Å². The molecule has 0 fully saturated rings. The van der Waals surface area contributed by atoms with E-state index < -0.39 is 5.63 Å². The Labute approximate surface area is 280 Å². The number of pyridine rings is 1. The zero-order valence-corrected chi connectivity index (χ0v) is 28.0. The van der Waals surface area contributed by atoms with Crippen molar-refractivity contribution < 1.29 is 28.0 Å². The van der Waals surface area contributed by atoms with Gasteiger partial charge in [-0.25, -0.2) is 9.36 Å². The predicted octanol–water partition coefficient (Wildman–Crippen LogP) is 7.81. The van der Waals surface area contributed by atoms with E-state index in [4.69, 9.17) is 13.6 Å². The van der Waals surface area contributed by atoms with E-state index in [1.165, 1.54) is 17.2 Å². The van der Waals surface area contributed by atoms with Crippen molar-refractivity contribution in [2.75, 3.05) is 11.9 Å². The number of allylic oxidation sites excluding steroid dienone is 6. The van der Waals surface area contributed by atoms with Crippen molar-refractivity contribution in [3.05, 3.63) is 141 Å². The quantitative estimate of drug-likeness (QED) is 0.0471. The number of furan rings is 1. The molecule has 48 heavy (non-hydrogen) atoms. The molecule has 0 aliphatic heterocycles. The number of aliphatic hydroxyl groups is 1. The summed E-state index contributed by atoms with van der Waals surface area (Å²) < 4.78 is 19.1. The fourth-order valence-electron chi connectivity index (χ4n) is 5.51. The monoisotopic (exact) mass is 645 g/mol. The summed E-state index contributed by atoms with van der Waals surface area (Å²) in [6.45, 7) is 11.2. The van der Waals surface area contributed by atoms with Crippen LogP contribution in [0.25, 0.3) is 28.0 Å². The Kier molecular flexibility index (Phi) is 10.9. The minimum absolute atomic E-state index is 0.0453. The van der Waals surface area contributed by atoms with Crippen LogP contribution >= 0.6 is 0 Å². The first-order chi connectivity index (χ1) is 23.1. The van der Waals surface area contributed by atoms with Gasteiger partial charge in [-0.15, -0.1) is 0 Å². The van der Waals surface area contributed by atoms with Crippen molar-refractivity contribution in [2.24, 2.45) is 0 Å². The van der Waals surface area contributed by atoms with Gasteiger partial charge < -0.3 is 24.0 Å². The number of anilines is 1. The number of rotatable bonds is 12. The van der Waals surface area contributed by atoms with E-state index in [0.717, 1.165) is 38.6 Å². The molecule has 3 heterocycles. The van der Waals surface area contributed by atoms with Crippen molar-refractivity contribution >= 4 is 39.6 Å². The molecule has 2 N–H and O–H groups in total. The molecule has 0 radical (unpaired) electrons. The van der Waals surface area contributed by atoms with Gasteiger partial charge in [-0.05, 0) is 86.2 Å². The molecule has 8 nitrogen and oxygen atoms in total. The summed E-state index contributed by atoms with van der Waals surface area (Å²) in [6.07, 6.45) is 17.7. The van der Waals surface area contributed by atoms with Gasteiger partial charge in [0.25, 0.3) is 0 Å². The summed E-state index contributed by atoms with van der Waals surface area (Å²) in [5, 5.41) is 14.1. The Morgan fingerprint density at radius 1 is 0.958 bits per heavy atom. The number of hydrogen-bond acceptors (Lipinski definition) is 6. The Bertz CT molecular complexity index is 2130. The van der Waals surface area contributed by atoms with Gasteiger partial charge in [0, 0.05) is 41.5 Å². The first-order valence-corrected chi connectivity index (χ1v) is 15.9. The third-order valence-electron chi connectivity index (χ3n) is 8.27. The highest BCUT2D eigenvalue weighted by Gasteiger charge is 2.15. The van der Waals surface area contributed by atoms with Crippen molar-refractivity contribution in [3.8, 4) is 5.75 Å². The summed E-state index contributed by atoms with van der Waals surface area (Å²) in [6, 6.07) is 12.6. The summed E-state index contributed by atoms with van der Waals surface area (Å²) >= 11 is 0. The molecule has 0 bridgehead atoms. The third kappa shape index (κ3) is 8.27. The van der Waals surface area contributed by atoms with Gasteiger partial charge in [0.1, 0.15) is 0 Å². The van der Waals surface area contributed by atoms with Crippen LogP contribution in [0.2, 0.25) is 0 Å². The standard InChI is InChI=1S/C40H40N2O6/c1-26(10-12-35-28(3)23-33(25-43)29(4)30(35)5)8-6-9-27(2)22-36(44)41-34-14-18-42(19-15-34)17-7-20-46-40-38-32(16-21-47-38)24-31-11-13-37(45)48-39(31)40/h6,8-16,18-19,21-24,43H,7,17,20,25H2,1-5H3/p+1. The molecular weight excluding hydrogens is 604 g/mol. The van der Waals surface area contributed by atoms with Crippen molar-refractivity contribution in [1.82, 2.24) is 0 Å². The maximum Gasteiger partial charge on any atom is 0.336 e. The summed E-state index contributed by atoms with van der Waals surface area (Å²) in [4.78, 5) is 24.4. The molecule has 0 atom stereocenters. The third-order valence-corrected chi connectivity index (χ3v) is 8.27. The van der Waals surface area contributed by atoms with E-state index >= 15 is 0 Å². The minimum atomic E-state index is -0.446. The minimum Gasteiger partial charge on any atom is -0.486 e. The lowest BCUT2D eigenvalue weighted by molar-refractivity contribution is -0.697. The SMILES string of the molecule is CC(C=Cc1c(C)cc(CO)c(C)c1C)=CC=CC(C)=CC(=O)Nc1cc[n+](CCCOc2c3occc3cc3ccc(=O)oc23)cc1. The molecular formula is C40H41N2O6+. The second kappa shape index (κ2) is 15.4. The lowest BCUT2D eigenvalue weighted by Gasteiger charge is -2.13. The largest absolute Gasteiger partial charge is 0.486 e. The maximum absolute atomic E-state index is 12.6. The number of aryl methyl sites for hydroxylation is 2. The molecule has 1 amide bonds. The number of hydrogen-bond donors (Lipinski definition) is 2. The molecule has 246 valence electrons. The molecule has 0 spiro atoms. The predicted molar refractivity (Wildman–Crippen MR) is 190 cm³/mol. The molecule has 2 aromatic carbocycles. The van der Waals surface area contributed by atoms with Gasteiger partial charge in [-0.2, -0.15) is 0 Å². The van der Waals surface area contributed by atoms with Gasteiger partial charge >= 0.3 is 5.63 Å². The highest BCUT2D eigenvalue weighted by atomic mass is 16.5. The zero-order chi connectivity index (χ0) is 34.2.